The SMILES string of the molecule is Cc1ccc(-c2noc(-c3sccc3S(=O)(=O)N(C)c3ccc4c(c3)OCO4)n2)cc1C. The van der Waals surface area contributed by atoms with Gasteiger partial charge in [0.25, 0.3) is 15.9 Å². The molecule has 10 heteroatoms. The van der Waals surface area contributed by atoms with Crippen LogP contribution in [-0.2, 0) is 10.0 Å². The minimum absolute atomic E-state index is 0.0953. The van der Waals surface area contributed by atoms with Crippen LogP contribution in [0.15, 0.2) is 57.3 Å². The summed E-state index contributed by atoms with van der Waals surface area (Å²) in [6.07, 6.45) is 0. The normalized spacial score (nSPS) is 12.8. The standard InChI is InChI=1S/C22H19N3O5S2/c1-13-4-5-15(10-14(13)2)21-23-22(30-24-21)20-19(8-9-31-20)32(26,27)25(3)16-6-7-17-18(11-16)29-12-28-17/h4-11H,12H2,1-3H3. The lowest BCUT2D eigenvalue weighted by atomic mass is 10.1. The van der Waals surface area contributed by atoms with E-state index in [1.807, 2.05) is 32.0 Å². The maximum Gasteiger partial charge on any atom is 0.269 e. The highest BCUT2D eigenvalue weighted by atomic mass is 32.2. The fraction of sp³-hybridized carbons (Fsp3) is 0.182. The third-order valence-electron chi connectivity index (χ3n) is 5.37. The second-order valence-corrected chi connectivity index (χ2v) is 10.2. The molecule has 0 radical (unpaired) electrons. The Kier molecular flexibility index (Phi) is 4.90. The Morgan fingerprint density at radius 2 is 1.81 bits per heavy atom. The number of nitrogens with zero attached hydrogens (tertiary/aromatic N) is 3. The molecule has 0 bridgehead atoms. The average Bonchev–Trinajstić information content (AvgIpc) is 3.53. The zero-order chi connectivity index (χ0) is 22.5. The lowest BCUT2D eigenvalue weighted by Crippen LogP contribution is -2.26. The van der Waals surface area contributed by atoms with Crippen molar-refractivity contribution in [2.24, 2.45) is 0 Å². The van der Waals surface area contributed by atoms with Gasteiger partial charge >= 0.3 is 0 Å². The van der Waals surface area contributed by atoms with Crippen LogP contribution >= 0.6 is 11.3 Å². The van der Waals surface area contributed by atoms with Crippen LogP contribution in [0.25, 0.3) is 22.2 Å². The van der Waals surface area contributed by atoms with E-state index < -0.39 is 10.0 Å². The number of hydrogen-bond donors (Lipinski definition) is 0. The van der Waals surface area contributed by atoms with Crippen LogP contribution in [0, 0.1) is 13.8 Å². The van der Waals surface area contributed by atoms with Gasteiger partial charge in [-0.2, -0.15) is 4.98 Å². The monoisotopic (exact) mass is 469 g/mol. The first-order chi connectivity index (χ1) is 15.3. The molecule has 8 nitrogen and oxygen atoms in total. The minimum atomic E-state index is -3.89. The third-order valence-corrected chi connectivity index (χ3v) is 8.23. The van der Waals surface area contributed by atoms with Gasteiger partial charge in [-0.05, 0) is 54.6 Å². The Morgan fingerprint density at radius 1 is 1.00 bits per heavy atom. The van der Waals surface area contributed by atoms with Gasteiger partial charge in [-0.25, -0.2) is 8.42 Å². The molecule has 0 unspecified atom stereocenters. The predicted molar refractivity (Wildman–Crippen MR) is 121 cm³/mol. The summed E-state index contributed by atoms with van der Waals surface area (Å²) in [5.41, 5.74) is 3.53. The molecular weight excluding hydrogens is 450 g/mol. The van der Waals surface area contributed by atoms with E-state index in [2.05, 4.69) is 10.1 Å². The molecule has 164 valence electrons. The van der Waals surface area contributed by atoms with Gasteiger partial charge in [0.2, 0.25) is 12.6 Å². The molecule has 1 aliphatic rings. The van der Waals surface area contributed by atoms with Crippen molar-refractivity contribution in [1.29, 1.82) is 0 Å². The van der Waals surface area contributed by atoms with E-state index in [-0.39, 0.29) is 17.6 Å². The summed E-state index contributed by atoms with van der Waals surface area (Å²) >= 11 is 1.23. The van der Waals surface area contributed by atoms with E-state index in [4.69, 9.17) is 14.0 Å². The van der Waals surface area contributed by atoms with Gasteiger partial charge in [0, 0.05) is 18.7 Å². The third kappa shape index (κ3) is 3.41. The molecule has 0 saturated carbocycles. The highest BCUT2D eigenvalue weighted by molar-refractivity contribution is 7.93. The van der Waals surface area contributed by atoms with E-state index in [9.17, 15) is 8.42 Å². The zero-order valence-electron chi connectivity index (χ0n) is 17.5. The maximum atomic E-state index is 13.4. The van der Waals surface area contributed by atoms with Crippen molar-refractivity contribution in [3.8, 4) is 33.7 Å². The summed E-state index contributed by atoms with van der Waals surface area (Å²) in [6.45, 7) is 4.15. The largest absolute Gasteiger partial charge is 0.454 e. The van der Waals surface area contributed by atoms with Crippen molar-refractivity contribution in [1.82, 2.24) is 10.1 Å². The van der Waals surface area contributed by atoms with Crippen LogP contribution in [0.1, 0.15) is 11.1 Å². The summed E-state index contributed by atoms with van der Waals surface area (Å²) in [7, 11) is -2.40. The summed E-state index contributed by atoms with van der Waals surface area (Å²) in [4.78, 5) is 4.94. The number of aryl methyl sites for hydroxylation is 2. The number of ether oxygens (including phenoxy) is 2. The van der Waals surface area contributed by atoms with Crippen molar-refractivity contribution in [3.05, 3.63) is 59.0 Å². The first-order valence-electron chi connectivity index (χ1n) is 9.72. The first kappa shape index (κ1) is 20.5. The molecule has 0 saturated heterocycles. The Morgan fingerprint density at radius 3 is 2.62 bits per heavy atom. The van der Waals surface area contributed by atoms with Crippen molar-refractivity contribution in [3.63, 3.8) is 0 Å². The Labute approximate surface area is 189 Å². The number of fused-ring (bicyclic) bond motifs is 1. The lowest BCUT2D eigenvalue weighted by Gasteiger charge is -2.19. The number of thiophene rings is 1. The summed E-state index contributed by atoms with van der Waals surface area (Å²) in [6, 6.07) is 12.4. The smallest absolute Gasteiger partial charge is 0.269 e. The number of benzene rings is 2. The maximum absolute atomic E-state index is 13.4. The van der Waals surface area contributed by atoms with Gasteiger partial charge < -0.3 is 14.0 Å². The summed E-state index contributed by atoms with van der Waals surface area (Å²) in [5.74, 6) is 1.65. The second kappa shape index (κ2) is 7.64. The quantitative estimate of drug-likeness (QED) is 0.420. The van der Waals surface area contributed by atoms with E-state index in [0.717, 1.165) is 16.7 Å². The van der Waals surface area contributed by atoms with Gasteiger partial charge in [-0.15, -0.1) is 11.3 Å². The zero-order valence-corrected chi connectivity index (χ0v) is 19.2. The Balaban J connectivity index is 1.49. The van der Waals surface area contributed by atoms with Crippen molar-refractivity contribution >= 4 is 27.0 Å². The van der Waals surface area contributed by atoms with E-state index in [0.29, 0.717) is 27.9 Å². The van der Waals surface area contributed by atoms with Crippen LogP contribution < -0.4 is 13.8 Å². The average molecular weight is 470 g/mol. The fourth-order valence-electron chi connectivity index (χ4n) is 3.34. The topological polar surface area (TPSA) is 94.8 Å². The molecular formula is C22H19N3O5S2. The molecule has 2 aromatic heterocycles. The van der Waals surface area contributed by atoms with Crippen LogP contribution in [0.3, 0.4) is 0 Å². The van der Waals surface area contributed by atoms with E-state index in [1.54, 1.807) is 29.6 Å². The molecule has 0 atom stereocenters. The summed E-state index contributed by atoms with van der Waals surface area (Å²) < 4.78 is 44.2. The number of hydrogen-bond acceptors (Lipinski definition) is 8. The van der Waals surface area contributed by atoms with Crippen molar-refractivity contribution in [2.45, 2.75) is 18.7 Å². The molecule has 0 N–H and O–H groups in total. The molecule has 0 aliphatic carbocycles. The molecule has 0 fully saturated rings. The highest BCUT2D eigenvalue weighted by Crippen LogP contribution is 2.39. The molecule has 5 rings (SSSR count). The number of anilines is 1. The van der Waals surface area contributed by atoms with Gasteiger partial charge in [0.05, 0.1) is 5.69 Å². The number of rotatable bonds is 5. The minimum Gasteiger partial charge on any atom is -0.454 e. The van der Waals surface area contributed by atoms with Crippen molar-refractivity contribution < 1.29 is 22.4 Å². The molecule has 4 aromatic rings. The molecule has 32 heavy (non-hydrogen) atoms. The number of sulfonamides is 1. The second-order valence-electron chi connectivity index (χ2n) is 7.35. The van der Waals surface area contributed by atoms with Crippen LogP contribution in [0.5, 0.6) is 11.5 Å². The molecule has 0 spiro atoms. The highest BCUT2D eigenvalue weighted by Gasteiger charge is 2.29. The predicted octanol–water partition coefficient (Wildman–Crippen LogP) is 4.64. The van der Waals surface area contributed by atoms with Gasteiger partial charge in [-0.3, -0.25) is 4.31 Å². The van der Waals surface area contributed by atoms with E-state index in [1.165, 1.54) is 22.7 Å². The van der Waals surface area contributed by atoms with Gasteiger partial charge in [-0.1, -0.05) is 17.3 Å². The van der Waals surface area contributed by atoms with Crippen LogP contribution in [-0.4, -0.2) is 32.4 Å². The number of aromatic nitrogens is 2. The van der Waals surface area contributed by atoms with Gasteiger partial charge in [0.1, 0.15) is 9.77 Å². The van der Waals surface area contributed by atoms with Crippen molar-refractivity contribution in [2.75, 3.05) is 18.1 Å². The fourth-order valence-corrected chi connectivity index (χ4v) is 5.84. The van der Waals surface area contributed by atoms with E-state index >= 15 is 0 Å². The van der Waals surface area contributed by atoms with Crippen LogP contribution in [0.2, 0.25) is 0 Å². The molecule has 0 amide bonds. The first-order valence-corrected chi connectivity index (χ1v) is 12.0. The molecule has 2 aromatic carbocycles. The Bertz CT molecular complexity index is 1430. The molecule has 3 heterocycles. The summed E-state index contributed by atoms with van der Waals surface area (Å²) in [5, 5.41) is 5.75. The van der Waals surface area contributed by atoms with Crippen LogP contribution in [0.4, 0.5) is 5.69 Å². The lowest BCUT2D eigenvalue weighted by molar-refractivity contribution is 0.174. The van der Waals surface area contributed by atoms with Gasteiger partial charge in [0.15, 0.2) is 11.5 Å². The Hall–Kier alpha value is -3.37. The molecule has 1 aliphatic heterocycles.